The Morgan fingerprint density at radius 2 is 2.00 bits per heavy atom. The van der Waals surface area contributed by atoms with Crippen LogP contribution in [-0.2, 0) is 4.74 Å². The summed E-state index contributed by atoms with van der Waals surface area (Å²) in [5, 5.41) is 0. The molecule has 120 valence electrons. The standard InChI is InChI=1S/C18H25NO3/c1-21-17-10-3-2-8-15(17)18(20)22-13-14-7-6-12-19-11-5-4-9-16(14)19/h2-3,8,10,14,16H,4-7,9,11-13H2,1H3/p+1/t14-,16+/m0/s1. The molecular weight excluding hydrogens is 278 g/mol. The molecule has 3 rings (SSSR count). The number of nitrogens with one attached hydrogen (secondary N) is 1. The second-order valence-corrected chi connectivity index (χ2v) is 6.46. The van der Waals surface area contributed by atoms with Gasteiger partial charge in [0.1, 0.15) is 17.9 Å². The lowest BCUT2D eigenvalue weighted by atomic mass is 9.84. The van der Waals surface area contributed by atoms with E-state index in [0.29, 0.717) is 29.9 Å². The topological polar surface area (TPSA) is 40.0 Å². The van der Waals surface area contributed by atoms with Gasteiger partial charge >= 0.3 is 5.97 Å². The summed E-state index contributed by atoms with van der Waals surface area (Å²) in [5.74, 6) is 0.837. The number of hydrogen-bond donors (Lipinski definition) is 1. The van der Waals surface area contributed by atoms with Gasteiger partial charge in [0, 0.05) is 5.92 Å². The Morgan fingerprint density at radius 1 is 1.18 bits per heavy atom. The molecule has 0 aliphatic carbocycles. The van der Waals surface area contributed by atoms with Crippen molar-refractivity contribution in [1.29, 1.82) is 0 Å². The predicted octanol–water partition coefficient (Wildman–Crippen LogP) is 1.70. The molecule has 0 amide bonds. The number of carbonyl (C=O) groups excluding carboxylic acids is 1. The highest BCUT2D eigenvalue weighted by Crippen LogP contribution is 2.23. The summed E-state index contributed by atoms with van der Waals surface area (Å²) < 4.78 is 10.9. The van der Waals surface area contributed by atoms with Crippen molar-refractivity contribution in [3.63, 3.8) is 0 Å². The highest BCUT2D eigenvalue weighted by Gasteiger charge is 2.37. The minimum absolute atomic E-state index is 0.264. The first-order chi connectivity index (χ1) is 10.8. The summed E-state index contributed by atoms with van der Waals surface area (Å²) in [6.07, 6.45) is 6.40. The van der Waals surface area contributed by atoms with Crippen molar-refractivity contribution >= 4 is 5.97 Å². The van der Waals surface area contributed by atoms with Gasteiger partial charge in [-0.25, -0.2) is 4.79 Å². The Bertz CT molecular complexity index is 515. The summed E-state index contributed by atoms with van der Waals surface area (Å²) in [6.45, 7) is 3.13. The van der Waals surface area contributed by atoms with E-state index >= 15 is 0 Å². The summed E-state index contributed by atoms with van der Waals surface area (Å²) in [4.78, 5) is 14.1. The Labute approximate surface area is 132 Å². The van der Waals surface area contributed by atoms with E-state index in [2.05, 4.69) is 0 Å². The van der Waals surface area contributed by atoms with E-state index in [0.717, 1.165) is 0 Å². The molecule has 1 aromatic rings. The number of benzene rings is 1. The second kappa shape index (κ2) is 7.14. The fourth-order valence-corrected chi connectivity index (χ4v) is 4.05. The number of rotatable bonds is 4. The Hall–Kier alpha value is -1.55. The zero-order valence-electron chi connectivity index (χ0n) is 13.3. The zero-order valence-corrected chi connectivity index (χ0v) is 13.3. The van der Waals surface area contributed by atoms with Crippen LogP contribution in [0.3, 0.4) is 0 Å². The SMILES string of the molecule is COc1ccccc1C(=O)OC[C@@H]1CCC[NH+]2CCCC[C@H]12. The van der Waals surface area contributed by atoms with Gasteiger partial charge in [-0.3, -0.25) is 0 Å². The molecule has 0 radical (unpaired) electrons. The summed E-state index contributed by atoms with van der Waals surface area (Å²) in [5.41, 5.74) is 0.522. The van der Waals surface area contributed by atoms with Crippen molar-refractivity contribution < 1.29 is 19.2 Å². The van der Waals surface area contributed by atoms with Crippen LogP contribution in [0.2, 0.25) is 0 Å². The molecule has 1 unspecified atom stereocenters. The van der Waals surface area contributed by atoms with E-state index in [9.17, 15) is 4.79 Å². The smallest absolute Gasteiger partial charge is 0.341 e. The minimum atomic E-state index is -0.264. The molecular formula is C18H26NO3+. The van der Waals surface area contributed by atoms with E-state index in [1.165, 1.54) is 45.2 Å². The number of carbonyl (C=O) groups is 1. The van der Waals surface area contributed by atoms with E-state index in [-0.39, 0.29) is 5.97 Å². The first-order valence-corrected chi connectivity index (χ1v) is 8.44. The van der Waals surface area contributed by atoms with Gasteiger partial charge in [0.2, 0.25) is 0 Å². The van der Waals surface area contributed by atoms with Gasteiger partial charge in [0.25, 0.3) is 0 Å². The van der Waals surface area contributed by atoms with Gasteiger partial charge in [0.05, 0.1) is 26.2 Å². The molecule has 1 aromatic carbocycles. The van der Waals surface area contributed by atoms with Crippen molar-refractivity contribution in [3.8, 4) is 5.75 Å². The number of para-hydroxylation sites is 1. The molecule has 4 nitrogen and oxygen atoms in total. The molecule has 22 heavy (non-hydrogen) atoms. The van der Waals surface area contributed by atoms with Crippen LogP contribution in [0.5, 0.6) is 5.75 Å². The molecule has 2 heterocycles. The lowest BCUT2D eigenvalue weighted by Crippen LogP contribution is -3.18. The summed E-state index contributed by atoms with van der Waals surface area (Å²) in [6, 6.07) is 7.95. The fourth-order valence-electron chi connectivity index (χ4n) is 4.05. The molecule has 0 spiro atoms. The van der Waals surface area contributed by atoms with Gasteiger partial charge in [0.15, 0.2) is 0 Å². The Balaban J connectivity index is 1.60. The number of hydrogen-bond acceptors (Lipinski definition) is 3. The number of piperidine rings is 2. The number of quaternary nitrogens is 1. The zero-order chi connectivity index (χ0) is 15.4. The minimum Gasteiger partial charge on any atom is -0.496 e. The van der Waals surface area contributed by atoms with Crippen LogP contribution in [0.4, 0.5) is 0 Å². The fraction of sp³-hybridized carbons (Fsp3) is 0.611. The van der Waals surface area contributed by atoms with Gasteiger partial charge in [-0.1, -0.05) is 12.1 Å². The van der Waals surface area contributed by atoms with Crippen LogP contribution in [0, 0.1) is 5.92 Å². The van der Waals surface area contributed by atoms with Gasteiger partial charge < -0.3 is 14.4 Å². The first kappa shape index (κ1) is 15.3. The average Bonchev–Trinajstić information content (AvgIpc) is 2.59. The van der Waals surface area contributed by atoms with Crippen LogP contribution in [0.15, 0.2) is 24.3 Å². The van der Waals surface area contributed by atoms with Crippen LogP contribution in [-0.4, -0.2) is 38.8 Å². The Morgan fingerprint density at radius 3 is 2.86 bits per heavy atom. The molecule has 2 aliphatic rings. The van der Waals surface area contributed by atoms with Crippen LogP contribution < -0.4 is 9.64 Å². The lowest BCUT2D eigenvalue weighted by molar-refractivity contribution is -0.940. The Kier molecular flexibility index (Phi) is 4.98. The van der Waals surface area contributed by atoms with E-state index in [1.54, 1.807) is 24.1 Å². The molecule has 1 N–H and O–H groups in total. The van der Waals surface area contributed by atoms with Gasteiger partial charge in [-0.15, -0.1) is 0 Å². The number of esters is 1. The van der Waals surface area contributed by atoms with Crippen LogP contribution >= 0.6 is 0 Å². The first-order valence-electron chi connectivity index (χ1n) is 8.44. The third-order valence-electron chi connectivity index (χ3n) is 5.18. The predicted molar refractivity (Wildman–Crippen MR) is 84.3 cm³/mol. The maximum atomic E-state index is 12.3. The quantitative estimate of drug-likeness (QED) is 0.861. The van der Waals surface area contributed by atoms with E-state index in [4.69, 9.17) is 9.47 Å². The van der Waals surface area contributed by atoms with Crippen molar-refractivity contribution in [1.82, 2.24) is 0 Å². The number of ether oxygens (including phenoxy) is 2. The summed E-state index contributed by atoms with van der Waals surface area (Å²) >= 11 is 0. The van der Waals surface area contributed by atoms with Crippen LogP contribution in [0.25, 0.3) is 0 Å². The van der Waals surface area contributed by atoms with Crippen molar-refractivity contribution in [3.05, 3.63) is 29.8 Å². The number of methoxy groups -OCH3 is 1. The van der Waals surface area contributed by atoms with Crippen LogP contribution in [0.1, 0.15) is 42.5 Å². The monoisotopic (exact) mass is 304 g/mol. The van der Waals surface area contributed by atoms with Gasteiger partial charge in [-0.05, 0) is 44.2 Å². The van der Waals surface area contributed by atoms with Gasteiger partial charge in [-0.2, -0.15) is 0 Å². The molecule has 4 heteroatoms. The number of fused-ring (bicyclic) bond motifs is 1. The third-order valence-corrected chi connectivity index (χ3v) is 5.18. The normalized spacial score (nSPS) is 27.8. The molecule has 2 saturated heterocycles. The molecule has 0 bridgehead atoms. The molecule has 0 aromatic heterocycles. The highest BCUT2D eigenvalue weighted by molar-refractivity contribution is 5.92. The molecule has 2 aliphatic heterocycles. The summed E-state index contributed by atoms with van der Waals surface area (Å²) in [7, 11) is 1.58. The molecule has 3 atom stereocenters. The molecule has 2 fully saturated rings. The molecule has 0 saturated carbocycles. The van der Waals surface area contributed by atoms with E-state index in [1.807, 2.05) is 12.1 Å². The third kappa shape index (κ3) is 3.27. The maximum Gasteiger partial charge on any atom is 0.341 e. The second-order valence-electron chi connectivity index (χ2n) is 6.46. The lowest BCUT2D eigenvalue weighted by Gasteiger charge is -2.41. The van der Waals surface area contributed by atoms with Crippen molar-refractivity contribution in [2.24, 2.45) is 5.92 Å². The van der Waals surface area contributed by atoms with Crippen molar-refractivity contribution in [2.75, 3.05) is 26.8 Å². The average molecular weight is 304 g/mol. The maximum absolute atomic E-state index is 12.3. The highest BCUT2D eigenvalue weighted by atomic mass is 16.5. The van der Waals surface area contributed by atoms with E-state index < -0.39 is 0 Å². The largest absolute Gasteiger partial charge is 0.496 e. The van der Waals surface area contributed by atoms with Crippen molar-refractivity contribution in [2.45, 2.75) is 38.1 Å².